The van der Waals surface area contributed by atoms with Crippen LogP contribution in [0, 0.1) is 17.8 Å². The Morgan fingerprint density at radius 1 is 0.299 bits per heavy atom. The van der Waals surface area contributed by atoms with Crippen molar-refractivity contribution < 1.29 is 28.6 Å². The van der Waals surface area contributed by atoms with Crippen molar-refractivity contribution >= 4 is 17.9 Å². The number of carbonyl (C=O) groups is 3. The van der Waals surface area contributed by atoms with Gasteiger partial charge in [0, 0.05) is 19.3 Å². The Kier molecular flexibility index (Phi) is 51.0. The first-order valence-electron chi connectivity index (χ1n) is 30.1. The van der Waals surface area contributed by atoms with Crippen molar-refractivity contribution in [3.05, 3.63) is 0 Å². The van der Waals surface area contributed by atoms with Gasteiger partial charge in [0.05, 0.1) is 0 Å². The molecular formula is C61H118O6. The molecule has 0 spiro atoms. The second kappa shape index (κ2) is 52.2. The zero-order valence-corrected chi connectivity index (χ0v) is 46.2. The van der Waals surface area contributed by atoms with Crippen LogP contribution in [0.1, 0.15) is 337 Å². The Balaban J connectivity index is 4.18. The van der Waals surface area contributed by atoms with Gasteiger partial charge < -0.3 is 14.2 Å². The number of carbonyl (C=O) groups excluding carboxylic acids is 3. The Bertz CT molecular complexity index is 1040. The van der Waals surface area contributed by atoms with Crippen molar-refractivity contribution in [1.82, 2.24) is 0 Å². The zero-order valence-electron chi connectivity index (χ0n) is 46.2. The quantitative estimate of drug-likeness (QED) is 0.0343. The summed E-state index contributed by atoms with van der Waals surface area (Å²) in [5, 5.41) is 0. The molecule has 2 atom stereocenters. The smallest absolute Gasteiger partial charge is 0.306 e. The van der Waals surface area contributed by atoms with E-state index in [2.05, 4.69) is 41.5 Å². The van der Waals surface area contributed by atoms with E-state index in [0.717, 1.165) is 75.5 Å². The Morgan fingerprint density at radius 2 is 0.522 bits per heavy atom. The van der Waals surface area contributed by atoms with E-state index in [9.17, 15) is 14.4 Å². The van der Waals surface area contributed by atoms with E-state index in [4.69, 9.17) is 14.2 Å². The van der Waals surface area contributed by atoms with Gasteiger partial charge >= 0.3 is 17.9 Å². The fraction of sp³-hybridized carbons (Fsp3) is 0.951. The Labute approximate surface area is 418 Å². The largest absolute Gasteiger partial charge is 0.462 e. The number of rotatable bonds is 54. The van der Waals surface area contributed by atoms with Gasteiger partial charge in [0.25, 0.3) is 0 Å². The fourth-order valence-electron chi connectivity index (χ4n) is 9.32. The molecule has 0 aromatic carbocycles. The summed E-state index contributed by atoms with van der Waals surface area (Å²) < 4.78 is 16.9. The van der Waals surface area contributed by atoms with Crippen molar-refractivity contribution in [2.45, 2.75) is 343 Å². The normalized spacial score (nSPS) is 12.5. The number of hydrogen-bond donors (Lipinski definition) is 0. The molecule has 0 rings (SSSR count). The van der Waals surface area contributed by atoms with Gasteiger partial charge in [0.2, 0.25) is 0 Å². The molecule has 0 aliphatic heterocycles. The van der Waals surface area contributed by atoms with Crippen molar-refractivity contribution in [2.75, 3.05) is 13.2 Å². The zero-order chi connectivity index (χ0) is 49.1. The van der Waals surface area contributed by atoms with Gasteiger partial charge in [-0.15, -0.1) is 0 Å². The molecule has 0 saturated carbocycles. The maximum absolute atomic E-state index is 12.8. The third-order valence-electron chi connectivity index (χ3n) is 14.3. The first-order valence-corrected chi connectivity index (χ1v) is 30.1. The third kappa shape index (κ3) is 53.6. The average Bonchev–Trinajstić information content (AvgIpc) is 3.30. The molecule has 6 heteroatoms. The van der Waals surface area contributed by atoms with Gasteiger partial charge in [-0.1, -0.05) is 298 Å². The fourth-order valence-corrected chi connectivity index (χ4v) is 9.32. The minimum Gasteiger partial charge on any atom is -0.462 e. The predicted octanol–water partition coefficient (Wildman–Crippen LogP) is 19.9. The van der Waals surface area contributed by atoms with Gasteiger partial charge in [-0.25, -0.2) is 0 Å². The number of unbranched alkanes of at least 4 members (excludes halogenated alkanes) is 36. The maximum Gasteiger partial charge on any atom is 0.306 e. The van der Waals surface area contributed by atoms with E-state index in [1.807, 2.05) is 0 Å². The van der Waals surface area contributed by atoms with Crippen molar-refractivity contribution in [3.8, 4) is 0 Å². The SMILES string of the molecule is CCC(C)CCCCCCCCCCCCCCCCCCCCC(=O)OC[C@H](COC(=O)CCCCCCCCCCCCCCCCC(C)C)OC(=O)CCCCCCCCCC(C)C. The van der Waals surface area contributed by atoms with Crippen molar-refractivity contribution in [1.29, 1.82) is 0 Å². The van der Waals surface area contributed by atoms with Crippen molar-refractivity contribution in [3.63, 3.8) is 0 Å². The van der Waals surface area contributed by atoms with Gasteiger partial charge in [-0.3, -0.25) is 14.4 Å². The lowest BCUT2D eigenvalue weighted by Gasteiger charge is -2.18. The molecule has 1 unspecified atom stereocenters. The summed E-state index contributed by atoms with van der Waals surface area (Å²) in [4.78, 5) is 38.1. The minimum atomic E-state index is -0.764. The second-order valence-electron chi connectivity index (χ2n) is 22.2. The van der Waals surface area contributed by atoms with E-state index >= 15 is 0 Å². The summed E-state index contributed by atoms with van der Waals surface area (Å²) in [6.07, 6.45) is 55.4. The summed E-state index contributed by atoms with van der Waals surface area (Å²) in [5.74, 6) is 1.69. The molecule has 0 aliphatic carbocycles. The number of hydrogen-bond acceptors (Lipinski definition) is 6. The molecule has 0 fully saturated rings. The van der Waals surface area contributed by atoms with Gasteiger partial charge in [0.15, 0.2) is 6.10 Å². The predicted molar refractivity (Wildman–Crippen MR) is 289 cm³/mol. The van der Waals surface area contributed by atoms with Crippen LogP contribution in [0.3, 0.4) is 0 Å². The molecule has 0 radical (unpaired) electrons. The molecule has 0 aromatic heterocycles. The number of ether oxygens (including phenoxy) is 3. The monoisotopic (exact) mass is 947 g/mol. The average molecular weight is 948 g/mol. The third-order valence-corrected chi connectivity index (χ3v) is 14.3. The van der Waals surface area contributed by atoms with E-state index in [1.165, 1.54) is 218 Å². The highest BCUT2D eigenvalue weighted by Gasteiger charge is 2.19. The Hall–Kier alpha value is -1.59. The van der Waals surface area contributed by atoms with Crippen LogP contribution in [0.25, 0.3) is 0 Å². The summed E-state index contributed by atoms with van der Waals surface area (Å²) in [5.41, 5.74) is 0. The molecule has 0 heterocycles. The van der Waals surface area contributed by atoms with Crippen LogP contribution >= 0.6 is 0 Å². The first kappa shape index (κ1) is 65.4. The summed E-state index contributed by atoms with van der Waals surface area (Å²) >= 11 is 0. The summed E-state index contributed by atoms with van der Waals surface area (Å²) in [6.45, 7) is 13.8. The Morgan fingerprint density at radius 3 is 0.776 bits per heavy atom. The van der Waals surface area contributed by atoms with E-state index < -0.39 is 6.10 Å². The molecule has 0 amide bonds. The number of esters is 3. The maximum atomic E-state index is 12.8. The first-order chi connectivity index (χ1) is 32.6. The van der Waals surface area contributed by atoms with Crippen molar-refractivity contribution in [2.24, 2.45) is 17.8 Å². The van der Waals surface area contributed by atoms with E-state index in [0.29, 0.717) is 19.3 Å². The van der Waals surface area contributed by atoms with E-state index in [1.54, 1.807) is 0 Å². The van der Waals surface area contributed by atoms with Crippen LogP contribution in [-0.2, 0) is 28.6 Å². The van der Waals surface area contributed by atoms with Gasteiger partial charge in [0.1, 0.15) is 13.2 Å². The molecule has 0 aliphatic rings. The molecule has 0 saturated heterocycles. The van der Waals surface area contributed by atoms with E-state index in [-0.39, 0.29) is 31.1 Å². The summed E-state index contributed by atoms with van der Waals surface area (Å²) in [7, 11) is 0. The van der Waals surface area contributed by atoms with Crippen LogP contribution in [0.5, 0.6) is 0 Å². The lowest BCUT2D eigenvalue weighted by molar-refractivity contribution is -0.167. The highest BCUT2D eigenvalue weighted by molar-refractivity contribution is 5.71. The minimum absolute atomic E-state index is 0.0641. The molecular weight excluding hydrogens is 829 g/mol. The van der Waals surface area contributed by atoms with Gasteiger partial charge in [-0.2, -0.15) is 0 Å². The standard InChI is InChI=1S/C61H118O6/c1-7-57(6)49-43-37-31-25-21-17-12-10-8-9-11-13-18-22-26-32-38-44-50-59(62)65-53-58(67-61(64)52-46-40-34-28-30-36-42-48-56(4)5)54-66-60(63)51-45-39-33-27-23-19-15-14-16-20-24-29-35-41-47-55(2)3/h55-58H,7-54H2,1-6H3/t57?,58-/m1/s1. The molecule has 6 nitrogen and oxygen atoms in total. The topological polar surface area (TPSA) is 78.9 Å². The molecule has 67 heavy (non-hydrogen) atoms. The molecule has 398 valence electrons. The highest BCUT2D eigenvalue weighted by Crippen LogP contribution is 2.19. The molecule has 0 aromatic rings. The van der Waals surface area contributed by atoms with Crippen LogP contribution in [0.15, 0.2) is 0 Å². The second-order valence-corrected chi connectivity index (χ2v) is 22.2. The summed E-state index contributed by atoms with van der Waals surface area (Å²) in [6, 6.07) is 0. The van der Waals surface area contributed by atoms with Gasteiger partial charge in [-0.05, 0) is 37.0 Å². The lowest BCUT2D eigenvalue weighted by Crippen LogP contribution is -2.30. The molecule has 0 bridgehead atoms. The highest BCUT2D eigenvalue weighted by atomic mass is 16.6. The molecule has 0 N–H and O–H groups in total. The van der Waals surface area contributed by atoms with Crippen LogP contribution in [0.2, 0.25) is 0 Å². The lowest BCUT2D eigenvalue weighted by atomic mass is 9.99. The van der Waals surface area contributed by atoms with Crippen LogP contribution < -0.4 is 0 Å². The van der Waals surface area contributed by atoms with Crippen LogP contribution in [-0.4, -0.2) is 37.2 Å². The van der Waals surface area contributed by atoms with Crippen LogP contribution in [0.4, 0.5) is 0 Å².